The fourth-order valence-corrected chi connectivity index (χ4v) is 2.13. The molecule has 4 nitrogen and oxygen atoms in total. The van der Waals surface area contributed by atoms with Crippen molar-refractivity contribution in [3.8, 4) is 11.1 Å². The number of halogens is 1. The van der Waals surface area contributed by atoms with Crippen molar-refractivity contribution in [3.05, 3.63) is 59.4 Å². The maximum Gasteiger partial charge on any atom is 0.217 e. The number of rotatable bonds is 6. The first-order valence-electron chi connectivity index (χ1n) is 6.78. The SMILES string of the molecule is N=Cc1cccc(-c2ccc(C(=N)CCC(N)=O)cc2F)c1. The van der Waals surface area contributed by atoms with Crippen molar-refractivity contribution in [2.75, 3.05) is 0 Å². The Morgan fingerprint density at radius 2 is 1.95 bits per heavy atom. The molecule has 0 heterocycles. The summed E-state index contributed by atoms with van der Waals surface area (Å²) in [5, 5.41) is 15.1. The van der Waals surface area contributed by atoms with Gasteiger partial charge in [0.2, 0.25) is 5.91 Å². The van der Waals surface area contributed by atoms with Crippen molar-refractivity contribution in [3.63, 3.8) is 0 Å². The first-order valence-corrected chi connectivity index (χ1v) is 6.78. The lowest BCUT2D eigenvalue weighted by Crippen LogP contribution is -2.12. The smallest absolute Gasteiger partial charge is 0.217 e. The first-order chi connectivity index (χ1) is 10.5. The van der Waals surface area contributed by atoms with Crippen LogP contribution in [0.2, 0.25) is 0 Å². The summed E-state index contributed by atoms with van der Waals surface area (Å²) in [4.78, 5) is 10.7. The molecule has 0 bridgehead atoms. The molecular weight excluding hydrogens is 281 g/mol. The van der Waals surface area contributed by atoms with Gasteiger partial charge in [-0.15, -0.1) is 0 Å². The van der Waals surface area contributed by atoms with Crippen LogP contribution in [0.1, 0.15) is 24.0 Å². The Bertz CT molecular complexity index is 740. The van der Waals surface area contributed by atoms with Crippen LogP contribution in [0.3, 0.4) is 0 Å². The van der Waals surface area contributed by atoms with Crippen LogP contribution >= 0.6 is 0 Å². The van der Waals surface area contributed by atoms with Gasteiger partial charge in [-0.25, -0.2) is 4.39 Å². The van der Waals surface area contributed by atoms with Crippen molar-refractivity contribution in [2.24, 2.45) is 5.73 Å². The van der Waals surface area contributed by atoms with Crippen LogP contribution in [-0.4, -0.2) is 17.8 Å². The van der Waals surface area contributed by atoms with Crippen molar-refractivity contribution in [1.29, 1.82) is 10.8 Å². The molecule has 0 aliphatic carbocycles. The second kappa shape index (κ2) is 6.76. The first kappa shape index (κ1) is 15.6. The minimum absolute atomic E-state index is 0.0730. The second-order valence-electron chi connectivity index (χ2n) is 4.91. The Labute approximate surface area is 127 Å². The Balaban J connectivity index is 2.27. The molecule has 0 fully saturated rings. The maximum atomic E-state index is 14.3. The predicted molar refractivity (Wildman–Crippen MR) is 85.0 cm³/mol. The molecule has 0 unspecified atom stereocenters. The van der Waals surface area contributed by atoms with E-state index >= 15 is 0 Å². The van der Waals surface area contributed by atoms with Gasteiger partial charge in [-0.2, -0.15) is 0 Å². The van der Waals surface area contributed by atoms with Gasteiger partial charge in [0.1, 0.15) is 5.82 Å². The highest BCUT2D eigenvalue weighted by Crippen LogP contribution is 2.24. The number of hydrogen-bond acceptors (Lipinski definition) is 3. The highest BCUT2D eigenvalue weighted by molar-refractivity contribution is 6.00. The summed E-state index contributed by atoms with van der Waals surface area (Å²) in [6.07, 6.45) is 1.47. The highest BCUT2D eigenvalue weighted by Gasteiger charge is 2.10. The highest BCUT2D eigenvalue weighted by atomic mass is 19.1. The van der Waals surface area contributed by atoms with Gasteiger partial charge in [0.25, 0.3) is 0 Å². The monoisotopic (exact) mass is 297 g/mol. The van der Waals surface area contributed by atoms with Crippen molar-refractivity contribution < 1.29 is 9.18 Å². The van der Waals surface area contributed by atoms with Gasteiger partial charge in [-0.3, -0.25) is 4.79 Å². The summed E-state index contributed by atoms with van der Waals surface area (Å²) in [5.74, 6) is -0.922. The number of nitrogens with one attached hydrogen (secondary N) is 2. The molecule has 0 aliphatic rings. The molecule has 0 aliphatic heterocycles. The summed E-state index contributed by atoms with van der Waals surface area (Å²) >= 11 is 0. The van der Waals surface area contributed by atoms with Crippen LogP contribution in [0.5, 0.6) is 0 Å². The number of carbonyl (C=O) groups is 1. The number of carbonyl (C=O) groups excluding carboxylic acids is 1. The van der Waals surface area contributed by atoms with Crippen molar-refractivity contribution in [1.82, 2.24) is 0 Å². The molecule has 0 saturated heterocycles. The van der Waals surface area contributed by atoms with Crippen LogP contribution in [0, 0.1) is 16.6 Å². The van der Waals surface area contributed by atoms with E-state index in [1.165, 1.54) is 12.3 Å². The van der Waals surface area contributed by atoms with E-state index in [0.29, 0.717) is 22.3 Å². The number of hydrogen-bond donors (Lipinski definition) is 3. The second-order valence-corrected chi connectivity index (χ2v) is 4.91. The molecule has 0 radical (unpaired) electrons. The van der Waals surface area contributed by atoms with Gasteiger partial charge >= 0.3 is 0 Å². The van der Waals surface area contributed by atoms with E-state index in [1.54, 1.807) is 36.4 Å². The van der Waals surface area contributed by atoms with E-state index in [1.807, 2.05) is 0 Å². The molecule has 1 amide bonds. The summed E-state index contributed by atoms with van der Waals surface area (Å²) in [6.45, 7) is 0. The average molecular weight is 297 g/mol. The Morgan fingerprint density at radius 1 is 1.18 bits per heavy atom. The zero-order chi connectivity index (χ0) is 16.1. The number of benzene rings is 2. The minimum atomic E-state index is -0.481. The van der Waals surface area contributed by atoms with Gasteiger partial charge in [-0.1, -0.05) is 30.3 Å². The third-order valence-electron chi connectivity index (χ3n) is 3.30. The van der Waals surface area contributed by atoms with Crippen LogP contribution in [0.4, 0.5) is 4.39 Å². The number of nitrogens with two attached hydrogens (primary N) is 1. The van der Waals surface area contributed by atoms with Gasteiger partial charge in [0, 0.05) is 23.9 Å². The Morgan fingerprint density at radius 3 is 2.59 bits per heavy atom. The molecule has 4 N–H and O–H groups in total. The van der Waals surface area contributed by atoms with Gasteiger partial charge in [-0.05, 0) is 35.2 Å². The van der Waals surface area contributed by atoms with Crippen molar-refractivity contribution >= 4 is 17.8 Å². The molecule has 5 heteroatoms. The molecule has 2 aromatic rings. The predicted octanol–water partition coefficient (Wildman–Crippen LogP) is 3.12. The lowest BCUT2D eigenvalue weighted by Gasteiger charge is -2.08. The Kier molecular flexibility index (Phi) is 4.78. The topological polar surface area (TPSA) is 90.8 Å². The quantitative estimate of drug-likeness (QED) is 0.702. The van der Waals surface area contributed by atoms with E-state index in [4.69, 9.17) is 16.6 Å². The zero-order valence-corrected chi connectivity index (χ0v) is 11.9. The third-order valence-corrected chi connectivity index (χ3v) is 3.30. The average Bonchev–Trinajstić information content (AvgIpc) is 2.52. The van der Waals surface area contributed by atoms with Crippen LogP contribution < -0.4 is 5.73 Å². The van der Waals surface area contributed by atoms with Crippen LogP contribution in [0.15, 0.2) is 42.5 Å². The molecule has 2 rings (SSSR count). The molecule has 0 saturated carbocycles. The largest absolute Gasteiger partial charge is 0.370 e. The number of primary amides is 1. The minimum Gasteiger partial charge on any atom is -0.370 e. The normalized spacial score (nSPS) is 10.2. The van der Waals surface area contributed by atoms with E-state index in [2.05, 4.69) is 0 Å². The third kappa shape index (κ3) is 3.63. The standard InChI is InChI=1S/C17H16FN3O/c18-15-9-13(16(20)6-7-17(21)22)4-5-14(15)12-3-1-2-11(8-12)10-19/h1-5,8-10,19-20H,6-7H2,(H2,21,22). The molecular formula is C17H16FN3O. The molecule has 0 atom stereocenters. The van der Waals surface area contributed by atoms with Crippen molar-refractivity contribution in [2.45, 2.75) is 12.8 Å². The van der Waals surface area contributed by atoms with E-state index in [9.17, 15) is 9.18 Å². The molecule has 2 aromatic carbocycles. The van der Waals surface area contributed by atoms with Gasteiger partial charge in [0.05, 0.1) is 0 Å². The fraction of sp³-hybridized carbons (Fsp3) is 0.118. The summed E-state index contributed by atoms with van der Waals surface area (Å²) in [5.41, 5.74) is 7.44. The number of amides is 1. The van der Waals surface area contributed by atoms with Gasteiger partial charge in [0.15, 0.2) is 0 Å². The van der Waals surface area contributed by atoms with Crippen LogP contribution in [-0.2, 0) is 4.79 Å². The molecule has 112 valence electrons. The lowest BCUT2D eigenvalue weighted by molar-refractivity contribution is -0.117. The molecule has 22 heavy (non-hydrogen) atoms. The summed E-state index contributed by atoms with van der Waals surface area (Å²) in [6, 6.07) is 11.6. The van der Waals surface area contributed by atoms with E-state index in [-0.39, 0.29) is 18.6 Å². The summed E-state index contributed by atoms with van der Waals surface area (Å²) in [7, 11) is 0. The summed E-state index contributed by atoms with van der Waals surface area (Å²) < 4.78 is 14.3. The van der Waals surface area contributed by atoms with Gasteiger partial charge < -0.3 is 16.6 Å². The maximum absolute atomic E-state index is 14.3. The van der Waals surface area contributed by atoms with E-state index < -0.39 is 11.7 Å². The molecule has 0 aromatic heterocycles. The Hall–Kier alpha value is -2.82. The van der Waals surface area contributed by atoms with Crippen LogP contribution in [0.25, 0.3) is 11.1 Å². The zero-order valence-electron chi connectivity index (χ0n) is 11.9. The van der Waals surface area contributed by atoms with E-state index in [0.717, 1.165) is 0 Å². The molecule has 0 spiro atoms. The lowest BCUT2D eigenvalue weighted by atomic mass is 9.98. The fourth-order valence-electron chi connectivity index (χ4n) is 2.13.